The molecule has 18 heavy (non-hydrogen) atoms. The maximum atomic E-state index is 5.26. The minimum atomic E-state index is 0.840. The summed E-state index contributed by atoms with van der Waals surface area (Å²) in [6.45, 7) is 2.18. The largest absolute Gasteiger partial charge is 0.497 e. The Hall–Kier alpha value is -1.29. The van der Waals surface area contributed by atoms with Crippen LogP contribution in [0, 0.1) is 0 Å². The summed E-state index contributed by atoms with van der Waals surface area (Å²) in [4.78, 5) is 0. The first-order valence-electron chi connectivity index (χ1n) is 6.06. The summed E-state index contributed by atoms with van der Waals surface area (Å²) < 4.78 is 7.26. The maximum Gasteiger partial charge on any atom is 0.121 e. The predicted octanol–water partition coefficient (Wildman–Crippen LogP) is 3.73. The maximum absolute atomic E-state index is 5.26. The van der Waals surface area contributed by atoms with E-state index >= 15 is 0 Å². The fourth-order valence-corrected chi connectivity index (χ4v) is 2.46. The molecule has 3 nitrogen and oxygen atoms in total. The Morgan fingerprint density at radius 3 is 2.89 bits per heavy atom. The van der Waals surface area contributed by atoms with E-state index in [0.29, 0.717) is 0 Å². The van der Waals surface area contributed by atoms with Crippen LogP contribution >= 0.6 is 15.9 Å². The average Bonchev–Trinajstić information content (AvgIpc) is 2.82. The zero-order valence-corrected chi connectivity index (χ0v) is 12.3. The van der Waals surface area contributed by atoms with Crippen LogP contribution in [0.3, 0.4) is 0 Å². The molecule has 2 rings (SSSR count). The highest BCUT2D eigenvalue weighted by Gasteiger charge is 2.11. The van der Waals surface area contributed by atoms with Gasteiger partial charge in [-0.25, -0.2) is 4.68 Å². The van der Waals surface area contributed by atoms with Crippen molar-refractivity contribution in [3.63, 3.8) is 0 Å². The van der Waals surface area contributed by atoms with Gasteiger partial charge in [0.15, 0.2) is 0 Å². The minimum absolute atomic E-state index is 0.840. The van der Waals surface area contributed by atoms with Gasteiger partial charge >= 0.3 is 0 Å². The molecule has 0 bridgehead atoms. The van der Waals surface area contributed by atoms with E-state index in [9.17, 15) is 0 Å². The van der Waals surface area contributed by atoms with E-state index in [0.717, 1.165) is 29.6 Å². The monoisotopic (exact) mass is 308 g/mol. The van der Waals surface area contributed by atoms with Gasteiger partial charge < -0.3 is 4.74 Å². The number of rotatable bonds is 5. The third-order valence-corrected chi connectivity index (χ3v) is 3.49. The van der Waals surface area contributed by atoms with Gasteiger partial charge in [0.2, 0.25) is 0 Å². The third kappa shape index (κ3) is 2.58. The van der Waals surface area contributed by atoms with Crippen LogP contribution in [-0.4, -0.2) is 16.9 Å². The third-order valence-electron chi connectivity index (χ3n) is 2.88. The molecule has 0 atom stereocenters. The van der Waals surface area contributed by atoms with Crippen molar-refractivity contribution in [2.75, 3.05) is 7.11 Å². The van der Waals surface area contributed by atoms with Crippen molar-refractivity contribution >= 4 is 15.9 Å². The molecule has 2 aromatic rings. The first-order valence-corrected chi connectivity index (χ1v) is 7.18. The molecule has 0 saturated carbocycles. The van der Waals surface area contributed by atoms with Gasteiger partial charge in [-0.15, -0.1) is 0 Å². The van der Waals surface area contributed by atoms with Crippen molar-refractivity contribution in [3.05, 3.63) is 41.7 Å². The summed E-state index contributed by atoms with van der Waals surface area (Å²) >= 11 is 3.51. The molecule has 1 aromatic carbocycles. The van der Waals surface area contributed by atoms with Crippen LogP contribution in [0.5, 0.6) is 5.75 Å². The van der Waals surface area contributed by atoms with Crippen LogP contribution in [0.25, 0.3) is 5.69 Å². The highest BCUT2D eigenvalue weighted by molar-refractivity contribution is 9.08. The molecule has 0 radical (unpaired) electrons. The lowest BCUT2D eigenvalue weighted by atomic mass is 10.2. The van der Waals surface area contributed by atoms with Crippen LogP contribution in [0.2, 0.25) is 0 Å². The number of aromatic nitrogens is 2. The fourth-order valence-electron chi connectivity index (χ4n) is 1.99. The quantitative estimate of drug-likeness (QED) is 0.787. The molecular formula is C14H17BrN2O. The molecule has 0 spiro atoms. The van der Waals surface area contributed by atoms with Crippen LogP contribution in [0.15, 0.2) is 30.5 Å². The molecular weight excluding hydrogens is 292 g/mol. The van der Waals surface area contributed by atoms with Gasteiger partial charge in [0.25, 0.3) is 0 Å². The van der Waals surface area contributed by atoms with E-state index in [2.05, 4.69) is 28.0 Å². The van der Waals surface area contributed by atoms with Crippen molar-refractivity contribution in [2.24, 2.45) is 0 Å². The summed E-state index contributed by atoms with van der Waals surface area (Å²) in [6.07, 6.45) is 4.06. The highest BCUT2D eigenvalue weighted by atomic mass is 79.9. The smallest absolute Gasteiger partial charge is 0.121 e. The van der Waals surface area contributed by atoms with Crippen LogP contribution in [-0.2, 0) is 11.8 Å². The number of benzene rings is 1. The molecule has 1 heterocycles. The SMILES string of the molecule is CCCc1c(CBr)cnn1-c1cccc(OC)c1. The Morgan fingerprint density at radius 1 is 1.39 bits per heavy atom. The molecule has 0 unspecified atom stereocenters. The number of hydrogen-bond donors (Lipinski definition) is 0. The summed E-state index contributed by atoms with van der Waals surface area (Å²) in [6, 6.07) is 7.98. The predicted molar refractivity (Wildman–Crippen MR) is 76.7 cm³/mol. The van der Waals surface area contributed by atoms with Crippen molar-refractivity contribution in [3.8, 4) is 11.4 Å². The van der Waals surface area contributed by atoms with Gasteiger partial charge in [0, 0.05) is 22.7 Å². The van der Waals surface area contributed by atoms with E-state index in [1.54, 1.807) is 7.11 Å². The molecule has 0 aliphatic rings. The summed E-state index contributed by atoms with van der Waals surface area (Å²) in [5.41, 5.74) is 3.56. The zero-order chi connectivity index (χ0) is 13.0. The second-order valence-corrected chi connectivity index (χ2v) is 4.67. The Labute approximate surface area is 116 Å². The number of methoxy groups -OCH3 is 1. The fraction of sp³-hybridized carbons (Fsp3) is 0.357. The van der Waals surface area contributed by atoms with Crippen molar-refractivity contribution < 1.29 is 4.74 Å². The second-order valence-electron chi connectivity index (χ2n) is 4.11. The Kier molecular flexibility index (Phi) is 4.42. The average molecular weight is 309 g/mol. The summed E-state index contributed by atoms with van der Waals surface area (Å²) in [5.74, 6) is 0.853. The molecule has 0 saturated heterocycles. The van der Waals surface area contributed by atoms with E-state index < -0.39 is 0 Å². The molecule has 0 amide bonds. The Balaban J connectivity index is 2.45. The second kappa shape index (κ2) is 6.05. The van der Waals surface area contributed by atoms with Crippen molar-refractivity contribution in [1.82, 2.24) is 9.78 Å². The minimum Gasteiger partial charge on any atom is -0.497 e. The molecule has 96 valence electrons. The molecule has 4 heteroatoms. The van der Waals surface area contributed by atoms with Crippen molar-refractivity contribution in [2.45, 2.75) is 25.1 Å². The zero-order valence-electron chi connectivity index (χ0n) is 10.7. The number of halogens is 1. The summed E-state index contributed by atoms with van der Waals surface area (Å²) in [7, 11) is 1.68. The highest BCUT2D eigenvalue weighted by Crippen LogP contribution is 2.21. The van der Waals surface area contributed by atoms with E-state index in [1.807, 2.05) is 35.1 Å². The Bertz CT molecular complexity index is 522. The van der Waals surface area contributed by atoms with Crippen LogP contribution in [0.4, 0.5) is 0 Å². The van der Waals surface area contributed by atoms with E-state index in [1.165, 1.54) is 11.3 Å². The molecule has 1 aromatic heterocycles. The first kappa shape index (κ1) is 13.1. The molecule has 0 N–H and O–H groups in total. The topological polar surface area (TPSA) is 27.1 Å². The van der Waals surface area contributed by atoms with Gasteiger partial charge in [-0.1, -0.05) is 35.3 Å². The van der Waals surface area contributed by atoms with Gasteiger partial charge in [0.1, 0.15) is 5.75 Å². The van der Waals surface area contributed by atoms with Crippen LogP contribution < -0.4 is 4.74 Å². The van der Waals surface area contributed by atoms with Gasteiger partial charge in [-0.05, 0) is 18.6 Å². The van der Waals surface area contributed by atoms with Crippen LogP contribution in [0.1, 0.15) is 24.6 Å². The molecule has 0 aliphatic heterocycles. The van der Waals surface area contributed by atoms with Gasteiger partial charge in [-0.3, -0.25) is 0 Å². The Morgan fingerprint density at radius 2 is 2.22 bits per heavy atom. The lowest BCUT2D eigenvalue weighted by molar-refractivity contribution is 0.414. The van der Waals surface area contributed by atoms with Crippen molar-refractivity contribution in [1.29, 1.82) is 0 Å². The molecule has 0 fully saturated rings. The lowest BCUT2D eigenvalue weighted by Crippen LogP contribution is -2.03. The number of nitrogens with zero attached hydrogens (tertiary/aromatic N) is 2. The number of ether oxygens (including phenoxy) is 1. The standard InChI is InChI=1S/C14H17BrN2O/c1-3-5-14-11(9-15)10-16-17(14)12-6-4-7-13(8-12)18-2/h4,6-8,10H,3,5,9H2,1-2H3. The molecule has 0 aliphatic carbocycles. The van der Waals surface area contributed by atoms with Gasteiger partial charge in [0.05, 0.1) is 19.0 Å². The van der Waals surface area contributed by atoms with Gasteiger partial charge in [-0.2, -0.15) is 5.10 Å². The first-order chi connectivity index (χ1) is 8.80. The normalized spacial score (nSPS) is 10.6. The number of alkyl halides is 1. The number of hydrogen-bond acceptors (Lipinski definition) is 2. The van der Waals surface area contributed by atoms with E-state index in [-0.39, 0.29) is 0 Å². The lowest BCUT2D eigenvalue weighted by Gasteiger charge is -2.09. The van der Waals surface area contributed by atoms with E-state index in [4.69, 9.17) is 4.74 Å². The summed E-state index contributed by atoms with van der Waals surface area (Å²) in [5, 5.41) is 5.32.